The Kier molecular flexibility index (Phi) is 1.39. The summed E-state index contributed by atoms with van der Waals surface area (Å²) in [5.74, 6) is 0.414. The second-order valence-corrected chi connectivity index (χ2v) is 1.41. The number of tetrazole rings is 1. The van der Waals surface area contributed by atoms with Gasteiger partial charge in [0.15, 0.2) is 5.82 Å². The first-order chi connectivity index (χ1) is 4.34. The van der Waals surface area contributed by atoms with E-state index in [4.69, 9.17) is 5.21 Å². The molecule has 0 fully saturated rings. The van der Waals surface area contributed by atoms with Gasteiger partial charge in [-0.1, -0.05) is 5.16 Å². The van der Waals surface area contributed by atoms with Gasteiger partial charge in [-0.2, -0.15) is 0 Å². The third-order valence-corrected chi connectivity index (χ3v) is 0.826. The molecule has 0 saturated heterocycles. The molecule has 0 atom stereocenters. The van der Waals surface area contributed by atoms with Gasteiger partial charge in [0.1, 0.15) is 6.21 Å². The summed E-state index contributed by atoms with van der Waals surface area (Å²) in [5, 5.41) is 21.1. The monoisotopic (exact) mass is 127 g/mol. The van der Waals surface area contributed by atoms with Crippen LogP contribution in [0.2, 0.25) is 0 Å². The van der Waals surface area contributed by atoms with E-state index in [1.54, 1.807) is 7.05 Å². The van der Waals surface area contributed by atoms with Crippen LogP contribution in [0.3, 0.4) is 0 Å². The predicted octanol–water partition coefficient (Wildman–Crippen LogP) is -0.982. The SMILES string of the molecule is Cn1nnnc1/C=N\O. The number of aromatic nitrogens is 4. The Morgan fingerprint density at radius 1 is 1.78 bits per heavy atom. The van der Waals surface area contributed by atoms with Crippen LogP contribution in [0, 0.1) is 0 Å². The number of oxime groups is 1. The van der Waals surface area contributed by atoms with Crippen LogP contribution in [0.25, 0.3) is 0 Å². The van der Waals surface area contributed by atoms with E-state index >= 15 is 0 Å². The average Bonchev–Trinajstić information content (AvgIpc) is 2.18. The molecule has 6 nitrogen and oxygen atoms in total. The summed E-state index contributed by atoms with van der Waals surface area (Å²) in [6, 6.07) is 0. The highest BCUT2D eigenvalue weighted by Gasteiger charge is 1.94. The number of rotatable bonds is 1. The van der Waals surface area contributed by atoms with Gasteiger partial charge in [-0.15, -0.1) is 5.10 Å². The topological polar surface area (TPSA) is 76.2 Å². The normalized spacial score (nSPS) is 10.8. The molecule has 0 aliphatic heterocycles. The number of nitrogens with zero attached hydrogens (tertiary/aromatic N) is 5. The number of hydrogen-bond donors (Lipinski definition) is 1. The van der Waals surface area contributed by atoms with Gasteiger partial charge in [-0.3, -0.25) is 0 Å². The maximum absolute atomic E-state index is 8.02. The number of hydrogen-bond acceptors (Lipinski definition) is 5. The molecule has 0 bridgehead atoms. The lowest BCUT2D eigenvalue weighted by atomic mass is 10.7. The van der Waals surface area contributed by atoms with Crippen LogP contribution in [0.15, 0.2) is 5.16 Å². The highest BCUT2D eigenvalue weighted by molar-refractivity contribution is 5.73. The van der Waals surface area contributed by atoms with Crippen molar-refractivity contribution in [2.24, 2.45) is 12.2 Å². The van der Waals surface area contributed by atoms with Crippen molar-refractivity contribution in [2.75, 3.05) is 0 Å². The Bertz CT molecular complexity index is 216. The summed E-state index contributed by atoms with van der Waals surface area (Å²) in [4.78, 5) is 0. The molecular formula is C3H5N5O. The fourth-order valence-corrected chi connectivity index (χ4v) is 0.397. The molecule has 0 aliphatic carbocycles. The highest BCUT2D eigenvalue weighted by Crippen LogP contribution is 1.79. The zero-order valence-electron chi connectivity index (χ0n) is 4.76. The molecule has 0 aromatic carbocycles. The largest absolute Gasteiger partial charge is 0.411 e. The van der Waals surface area contributed by atoms with Crippen molar-refractivity contribution in [2.45, 2.75) is 0 Å². The summed E-state index contributed by atoms with van der Waals surface area (Å²) in [5.41, 5.74) is 0. The van der Waals surface area contributed by atoms with Crippen molar-refractivity contribution in [3.63, 3.8) is 0 Å². The van der Waals surface area contributed by atoms with Crippen LogP contribution in [0.5, 0.6) is 0 Å². The standard InChI is InChI=1S/C3H5N5O/c1-8-3(2-4-9)5-6-7-8/h2,9H,1H3/b4-2-. The Morgan fingerprint density at radius 3 is 3.00 bits per heavy atom. The van der Waals surface area contributed by atoms with Crippen LogP contribution in [0.4, 0.5) is 0 Å². The zero-order valence-corrected chi connectivity index (χ0v) is 4.76. The lowest BCUT2D eigenvalue weighted by Gasteiger charge is -1.83. The quantitative estimate of drug-likeness (QED) is 0.299. The molecule has 0 amide bonds. The van der Waals surface area contributed by atoms with Gasteiger partial charge >= 0.3 is 0 Å². The maximum atomic E-state index is 8.02. The van der Waals surface area contributed by atoms with Gasteiger partial charge in [-0.05, 0) is 10.4 Å². The van der Waals surface area contributed by atoms with Crippen molar-refractivity contribution >= 4 is 6.21 Å². The third kappa shape index (κ3) is 1.01. The van der Waals surface area contributed by atoms with Crippen LogP contribution in [-0.4, -0.2) is 31.6 Å². The van der Waals surface area contributed by atoms with Gasteiger partial charge in [0.05, 0.1) is 0 Å². The molecule has 6 heteroatoms. The minimum atomic E-state index is 0.414. The molecule has 0 saturated carbocycles. The van der Waals surface area contributed by atoms with E-state index in [0.717, 1.165) is 6.21 Å². The van der Waals surface area contributed by atoms with Crippen LogP contribution >= 0.6 is 0 Å². The molecular weight excluding hydrogens is 122 g/mol. The van der Waals surface area contributed by atoms with Gasteiger partial charge in [-0.25, -0.2) is 4.68 Å². The van der Waals surface area contributed by atoms with E-state index in [0.29, 0.717) is 5.82 Å². The average molecular weight is 127 g/mol. The van der Waals surface area contributed by atoms with Crippen LogP contribution in [-0.2, 0) is 7.05 Å². The van der Waals surface area contributed by atoms with Crippen molar-refractivity contribution in [3.8, 4) is 0 Å². The van der Waals surface area contributed by atoms with Crippen molar-refractivity contribution < 1.29 is 5.21 Å². The van der Waals surface area contributed by atoms with E-state index in [2.05, 4.69) is 20.7 Å². The first-order valence-electron chi connectivity index (χ1n) is 2.24. The summed E-state index contributed by atoms with van der Waals surface area (Å²) >= 11 is 0. The van der Waals surface area contributed by atoms with E-state index in [9.17, 15) is 0 Å². The molecule has 0 spiro atoms. The Morgan fingerprint density at radius 2 is 2.56 bits per heavy atom. The molecule has 1 N–H and O–H groups in total. The van der Waals surface area contributed by atoms with Gasteiger partial charge in [0, 0.05) is 7.05 Å². The lowest BCUT2D eigenvalue weighted by molar-refractivity contribution is 0.321. The number of aryl methyl sites for hydroxylation is 1. The molecule has 0 aliphatic rings. The zero-order chi connectivity index (χ0) is 6.69. The highest BCUT2D eigenvalue weighted by atomic mass is 16.4. The first-order valence-corrected chi connectivity index (χ1v) is 2.24. The van der Waals surface area contributed by atoms with Crippen molar-refractivity contribution in [3.05, 3.63) is 5.82 Å². The fraction of sp³-hybridized carbons (Fsp3) is 0.333. The molecule has 0 radical (unpaired) electrons. The molecule has 9 heavy (non-hydrogen) atoms. The van der Waals surface area contributed by atoms with Gasteiger partial charge in [0.2, 0.25) is 0 Å². The molecule has 1 aromatic heterocycles. The van der Waals surface area contributed by atoms with Gasteiger partial charge in [0.25, 0.3) is 0 Å². The molecule has 0 unspecified atom stereocenters. The van der Waals surface area contributed by atoms with Crippen LogP contribution in [0.1, 0.15) is 5.82 Å². The van der Waals surface area contributed by atoms with Gasteiger partial charge < -0.3 is 5.21 Å². The summed E-state index contributed by atoms with van der Waals surface area (Å²) < 4.78 is 1.39. The Labute approximate surface area is 50.8 Å². The van der Waals surface area contributed by atoms with Crippen LogP contribution < -0.4 is 0 Å². The van der Waals surface area contributed by atoms with E-state index in [1.807, 2.05) is 0 Å². The minimum Gasteiger partial charge on any atom is -0.411 e. The Balaban J connectivity index is 2.94. The van der Waals surface area contributed by atoms with E-state index in [1.165, 1.54) is 4.68 Å². The minimum absolute atomic E-state index is 0.414. The molecule has 1 aromatic rings. The predicted molar refractivity (Wildman–Crippen MR) is 28.2 cm³/mol. The third-order valence-electron chi connectivity index (χ3n) is 0.826. The first kappa shape index (κ1) is 5.67. The van der Waals surface area contributed by atoms with E-state index in [-0.39, 0.29) is 0 Å². The summed E-state index contributed by atoms with van der Waals surface area (Å²) in [6.07, 6.45) is 1.15. The van der Waals surface area contributed by atoms with Crippen molar-refractivity contribution in [1.29, 1.82) is 0 Å². The lowest BCUT2D eigenvalue weighted by Crippen LogP contribution is -1.97. The second kappa shape index (κ2) is 2.21. The molecule has 1 rings (SSSR count). The smallest absolute Gasteiger partial charge is 0.196 e. The molecule has 48 valence electrons. The van der Waals surface area contributed by atoms with E-state index < -0.39 is 0 Å². The Hall–Kier alpha value is -1.46. The second-order valence-electron chi connectivity index (χ2n) is 1.41. The van der Waals surface area contributed by atoms with Crippen molar-refractivity contribution in [1.82, 2.24) is 20.2 Å². The maximum Gasteiger partial charge on any atom is 0.196 e. The summed E-state index contributed by atoms with van der Waals surface area (Å²) in [6.45, 7) is 0. The fourth-order valence-electron chi connectivity index (χ4n) is 0.397. The summed E-state index contributed by atoms with van der Waals surface area (Å²) in [7, 11) is 1.65. The molecule has 1 heterocycles.